The molecule has 118 valence electrons. The lowest BCUT2D eigenvalue weighted by Gasteiger charge is -2.32. The fourth-order valence-corrected chi connectivity index (χ4v) is 5.43. The largest absolute Gasteiger partial charge is 0.327 e. The first-order valence-electron chi connectivity index (χ1n) is 6.92. The van der Waals surface area contributed by atoms with Crippen LogP contribution in [0.2, 0.25) is 0 Å². The molecule has 1 aliphatic rings. The molecule has 0 saturated heterocycles. The molecule has 0 aliphatic heterocycles. The summed E-state index contributed by atoms with van der Waals surface area (Å²) in [4.78, 5) is 0.257. The minimum atomic E-state index is -3.53. The molecule has 1 saturated carbocycles. The van der Waals surface area contributed by atoms with E-state index in [0.29, 0.717) is 18.8 Å². The summed E-state index contributed by atoms with van der Waals surface area (Å²) in [5.41, 5.74) is 5.99. The summed E-state index contributed by atoms with van der Waals surface area (Å²) in [6.07, 6.45) is 3.29. The van der Waals surface area contributed by atoms with E-state index in [1.807, 2.05) is 6.92 Å². The Morgan fingerprint density at radius 1 is 1.00 bits per heavy atom. The van der Waals surface area contributed by atoms with Gasteiger partial charge >= 0.3 is 0 Å². The zero-order valence-electron chi connectivity index (χ0n) is 12.2. The molecule has 5 nitrogen and oxygen atoms in total. The molecule has 1 fully saturated rings. The van der Waals surface area contributed by atoms with Crippen LogP contribution < -0.4 is 5.73 Å². The summed E-state index contributed by atoms with van der Waals surface area (Å²) in [7, 11) is -6.86. The average molecular weight is 331 g/mol. The molecule has 0 bridgehead atoms. The number of hydrogen-bond acceptors (Lipinski definition) is 5. The van der Waals surface area contributed by atoms with Crippen LogP contribution in [0.5, 0.6) is 0 Å². The normalized spacial score (nSPS) is 27.5. The highest BCUT2D eigenvalue weighted by molar-refractivity contribution is 7.92. The monoisotopic (exact) mass is 331 g/mol. The van der Waals surface area contributed by atoms with Gasteiger partial charge in [-0.3, -0.25) is 0 Å². The van der Waals surface area contributed by atoms with E-state index in [1.54, 1.807) is 0 Å². The topological polar surface area (TPSA) is 94.3 Å². The van der Waals surface area contributed by atoms with E-state index in [4.69, 9.17) is 5.73 Å². The van der Waals surface area contributed by atoms with Gasteiger partial charge in [0.1, 0.15) is 0 Å². The third-order valence-electron chi connectivity index (χ3n) is 4.08. The number of nitrogens with two attached hydrogens (primary N) is 1. The third kappa shape index (κ3) is 3.46. The maximum absolute atomic E-state index is 12.7. The molecule has 1 aliphatic carbocycles. The van der Waals surface area contributed by atoms with Crippen LogP contribution in [0.15, 0.2) is 34.1 Å². The maximum atomic E-state index is 12.7. The second-order valence-corrected chi connectivity index (χ2v) is 10.1. The van der Waals surface area contributed by atoms with E-state index >= 15 is 0 Å². The molecular weight excluding hydrogens is 310 g/mol. The number of sulfone groups is 2. The molecule has 0 spiro atoms. The Bertz CT molecular complexity index is 708. The molecule has 0 amide bonds. The van der Waals surface area contributed by atoms with Crippen molar-refractivity contribution in [1.82, 2.24) is 0 Å². The summed E-state index contributed by atoms with van der Waals surface area (Å²) < 4.78 is 48.2. The Morgan fingerprint density at radius 3 is 2.05 bits per heavy atom. The fraction of sp³-hybridized carbons (Fsp3) is 0.571. The minimum Gasteiger partial charge on any atom is -0.327 e. The van der Waals surface area contributed by atoms with Crippen molar-refractivity contribution >= 4 is 19.7 Å². The molecule has 7 heteroatoms. The summed E-state index contributed by atoms with van der Waals surface area (Å²) in [5.74, 6) is 0.333. The molecule has 1 aromatic carbocycles. The van der Waals surface area contributed by atoms with Crippen molar-refractivity contribution in [2.24, 2.45) is 11.7 Å². The van der Waals surface area contributed by atoms with Gasteiger partial charge in [-0.15, -0.1) is 0 Å². The van der Waals surface area contributed by atoms with Crippen LogP contribution in [0.4, 0.5) is 0 Å². The zero-order chi connectivity index (χ0) is 15.8. The summed E-state index contributed by atoms with van der Waals surface area (Å²) in [6.45, 7) is 2.03. The van der Waals surface area contributed by atoms with E-state index in [-0.39, 0.29) is 15.8 Å². The van der Waals surface area contributed by atoms with Gasteiger partial charge in [0.05, 0.1) is 15.0 Å². The van der Waals surface area contributed by atoms with Gasteiger partial charge in [0.2, 0.25) is 0 Å². The zero-order valence-corrected chi connectivity index (χ0v) is 13.8. The lowest BCUT2D eigenvalue weighted by molar-refractivity contribution is 0.346. The van der Waals surface area contributed by atoms with Crippen molar-refractivity contribution in [1.29, 1.82) is 0 Å². The van der Waals surface area contributed by atoms with Crippen LogP contribution in [0.3, 0.4) is 0 Å². The van der Waals surface area contributed by atoms with Crippen molar-refractivity contribution in [2.75, 3.05) is 6.26 Å². The fourth-order valence-electron chi connectivity index (χ4n) is 2.76. The van der Waals surface area contributed by atoms with Gasteiger partial charge in [0.25, 0.3) is 0 Å². The van der Waals surface area contributed by atoms with Gasteiger partial charge < -0.3 is 5.73 Å². The van der Waals surface area contributed by atoms with E-state index in [9.17, 15) is 16.8 Å². The lowest BCUT2D eigenvalue weighted by atomic mass is 9.87. The van der Waals surface area contributed by atoms with Crippen molar-refractivity contribution in [3.8, 4) is 0 Å². The lowest BCUT2D eigenvalue weighted by Crippen LogP contribution is -2.44. The summed E-state index contributed by atoms with van der Waals surface area (Å²) in [5, 5.41) is -0.592. The van der Waals surface area contributed by atoms with E-state index in [0.717, 1.165) is 12.7 Å². The average Bonchev–Trinajstić information content (AvgIpc) is 2.40. The third-order valence-corrected chi connectivity index (χ3v) is 7.48. The van der Waals surface area contributed by atoms with Crippen LogP contribution in [0.25, 0.3) is 0 Å². The van der Waals surface area contributed by atoms with Crippen LogP contribution >= 0.6 is 0 Å². The second-order valence-electron chi connectivity index (χ2n) is 5.91. The molecule has 3 unspecified atom stereocenters. The van der Waals surface area contributed by atoms with Gasteiger partial charge in [-0.1, -0.05) is 6.92 Å². The van der Waals surface area contributed by atoms with Gasteiger partial charge in [0.15, 0.2) is 19.7 Å². The van der Waals surface area contributed by atoms with Crippen molar-refractivity contribution in [2.45, 2.75) is 47.3 Å². The highest BCUT2D eigenvalue weighted by Crippen LogP contribution is 2.31. The minimum absolute atomic E-state index is 0.114. The molecule has 3 atom stereocenters. The highest BCUT2D eigenvalue weighted by atomic mass is 32.2. The smallest absolute Gasteiger partial charge is 0.182 e. The summed E-state index contributed by atoms with van der Waals surface area (Å²) in [6, 6.07) is 5.02. The highest BCUT2D eigenvalue weighted by Gasteiger charge is 2.36. The Balaban J connectivity index is 2.35. The molecule has 0 radical (unpaired) electrons. The predicted octanol–water partition coefficient (Wildman–Crippen LogP) is 1.38. The SMILES string of the molecule is CC1CCC(N)C(S(=O)(=O)c2ccc(S(C)(=O)=O)cc2)C1. The number of benzene rings is 1. The first-order valence-corrected chi connectivity index (χ1v) is 10.4. The molecule has 0 aromatic heterocycles. The Hall–Kier alpha value is -0.920. The van der Waals surface area contributed by atoms with Crippen LogP contribution in [-0.2, 0) is 19.7 Å². The van der Waals surface area contributed by atoms with Gasteiger partial charge in [-0.2, -0.15) is 0 Å². The molecule has 1 aromatic rings. The number of hydrogen-bond donors (Lipinski definition) is 1. The maximum Gasteiger partial charge on any atom is 0.182 e. The van der Waals surface area contributed by atoms with Crippen molar-refractivity contribution < 1.29 is 16.8 Å². The van der Waals surface area contributed by atoms with Crippen molar-refractivity contribution in [3.05, 3.63) is 24.3 Å². The van der Waals surface area contributed by atoms with E-state index < -0.39 is 24.9 Å². The first-order chi connectivity index (χ1) is 9.62. The van der Waals surface area contributed by atoms with E-state index in [2.05, 4.69) is 0 Å². The second kappa shape index (κ2) is 5.70. The van der Waals surface area contributed by atoms with Crippen LogP contribution in [0, 0.1) is 5.92 Å². The van der Waals surface area contributed by atoms with Crippen molar-refractivity contribution in [3.63, 3.8) is 0 Å². The van der Waals surface area contributed by atoms with Gasteiger partial charge in [-0.25, -0.2) is 16.8 Å². The Kier molecular flexibility index (Phi) is 4.46. The predicted molar refractivity (Wildman–Crippen MR) is 81.5 cm³/mol. The first kappa shape index (κ1) is 16.5. The van der Waals surface area contributed by atoms with E-state index in [1.165, 1.54) is 24.3 Å². The standard InChI is InChI=1S/C14H21NO4S2/c1-10-3-8-13(15)14(9-10)21(18,19)12-6-4-11(5-7-12)20(2,16)17/h4-7,10,13-14H,3,8-9,15H2,1-2H3. The molecular formula is C14H21NO4S2. The van der Waals surface area contributed by atoms with Crippen LogP contribution in [-0.4, -0.2) is 34.4 Å². The molecule has 2 N–H and O–H groups in total. The Morgan fingerprint density at radius 2 is 1.52 bits per heavy atom. The van der Waals surface area contributed by atoms with Gasteiger partial charge in [0, 0.05) is 12.3 Å². The molecule has 0 heterocycles. The summed E-state index contributed by atoms with van der Waals surface area (Å²) >= 11 is 0. The molecule has 21 heavy (non-hydrogen) atoms. The van der Waals surface area contributed by atoms with Gasteiger partial charge in [-0.05, 0) is 49.4 Å². The molecule has 2 rings (SSSR count). The van der Waals surface area contributed by atoms with Crippen LogP contribution in [0.1, 0.15) is 26.2 Å². The quantitative estimate of drug-likeness (QED) is 0.903. The number of rotatable bonds is 3. The Labute approximate surface area is 126 Å².